The molecule has 1 aromatic carbocycles. The lowest BCUT2D eigenvalue weighted by atomic mass is 10.2. The maximum absolute atomic E-state index is 9.16. The van der Waals surface area contributed by atoms with Crippen molar-refractivity contribution in [3.63, 3.8) is 0 Å². The zero-order valence-corrected chi connectivity index (χ0v) is 9.11. The first-order chi connectivity index (χ1) is 7.31. The Labute approximate surface area is 92.0 Å². The summed E-state index contributed by atoms with van der Waals surface area (Å²) in [7, 11) is 1.84. The molecule has 78 valence electrons. The van der Waals surface area contributed by atoms with Crippen LogP contribution in [0.15, 0.2) is 40.6 Å². The van der Waals surface area contributed by atoms with Gasteiger partial charge in [0.15, 0.2) is 5.16 Å². The van der Waals surface area contributed by atoms with Crippen LogP contribution < -0.4 is 0 Å². The van der Waals surface area contributed by atoms with E-state index in [1.54, 1.807) is 4.68 Å². The Morgan fingerprint density at radius 2 is 2.20 bits per heavy atom. The lowest BCUT2D eigenvalue weighted by Crippen LogP contribution is -1.94. The van der Waals surface area contributed by atoms with E-state index in [1.807, 2.05) is 31.3 Å². The maximum atomic E-state index is 9.16. The number of aliphatic hydroxyl groups is 1. The van der Waals surface area contributed by atoms with E-state index in [9.17, 15) is 0 Å². The van der Waals surface area contributed by atoms with Crippen LogP contribution in [0.3, 0.4) is 0 Å². The van der Waals surface area contributed by atoms with Crippen LogP contribution in [0.5, 0.6) is 0 Å². The van der Waals surface area contributed by atoms with Gasteiger partial charge in [-0.15, -0.1) is 0 Å². The van der Waals surface area contributed by atoms with E-state index < -0.39 is 0 Å². The second-order valence-corrected chi connectivity index (χ2v) is 4.04. The third-order valence-corrected chi connectivity index (χ3v) is 3.18. The van der Waals surface area contributed by atoms with Crippen LogP contribution in [-0.2, 0) is 13.7 Å². The normalized spacial score (nSPS) is 10.5. The van der Waals surface area contributed by atoms with Gasteiger partial charge in [0.25, 0.3) is 0 Å². The van der Waals surface area contributed by atoms with Crippen LogP contribution in [0, 0.1) is 0 Å². The van der Waals surface area contributed by atoms with E-state index in [4.69, 9.17) is 5.11 Å². The van der Waals surface area contributed by atoms with Crippen LogP contribution >= 0.6 is 11.8 Å². The van der Waals surface area contributed by atoms with Gasteiger partial charge in [0.05, 0.1) is 6.61 Å². The number of nitrogens with zero attached hydrogens (tertiary/aromatic N) is 3. The Morgan fingerprint density at radius 1 is 1.40 bits per heavy atom. The summed E-state index contributed by atoms with van der Waals surface area (Å²) in [5.41, 5.74) is 0.908. The van der Waals surface area contributed by atoms with E-state index in [2.05, 4.69) is 10.1 Å². The van der Waals surface area contributed by atoms with Gasteiger partial charge in [-0.2, -0.15) is 5.10 Å². The van der Waals surface area contributed by atoms with Gasteiger partial charge < -0.3 is 5.11 Å². The van der Waals surface area contributed by atoms with Crippen molar-refractivity contribution >= 4 is 11.8 Å². The van der Waals surface area contributed by atoms with Crippen molar-refractivity contribution in [2.45, 2.75) is 16.7 Å². The molecule has 2 aromatic rings. The molecule has 1 heterocycles. The van der Waals surface area contributed by atoms with Gasteiger partial charge in [-0.3, -0.25) is 0 Å². The van der Waals surface area contributed by atoms with Crippen molar-refractivity contribution in [1.82, 2.24) is 14.8 Å². The molecule has 0 saturated carbocycles. The van der Waals surface area contributed by atoms with Crippen LogP contribution in [0.2, 0.25) is 0 Å². The molecule has 2 rings (SSSR count). The van der Waals surface area contributed by atoms with Crippen molar-refractivity contribution < 1.29 is 5.11 Å². The highest BCUT2D eigenvalue weighted by Gasteiger charge is 2.06. The van der Waals surface area contributed by atoms with Gasteiger partial charge in [-0.05, 0) is 23.4 Å². The molecule has 4 nitrogen and oxygen atoms in total. The number of hydrogen-bond donors (Lipinski definition) is 1. The summed E-state index contributed by atoms with van der Waals surface area (Å²) in [5.74, 6) is 0. The third kappa shape index (κ3) is 2.19. The Bertz CT molecular complexity index is 455. The van der Waals surface area contributed by atoms with E-state index in [0.29, 0.717) is 0 Å². The molecule has 0 aliphatic carbocycles. The van der Waals surface area contributed by atoms with Gasteiger partial charge in [-0.25, -0.2) is 9.67 Å². The summed E-state index contributed by atoms with van der Waals surface area (Å²) in [5, 5.41) is 14.0. The fourth-order valence-electron chi connectivity index (χ4n) is 1.21. The first kappa shape index (κ1) is 10.2. The Hall–Kier alpha value is -1.33. The summed E-state index contributed by atoms with van der Waals surface area (Å²) in [4.78, 5) is 5.13. The van der Waals surface area contributed by atoms with E-state index >= 15 is 0 Å². The summed E-state index contributed by atoms with van der Waals surface area (Å²) >= 11 is 1.50. The highest BCUT2D eigenvalue weighted by Crippen LogP contribution is 2.28. The minimum atomic E-state index is 0.0427. The summed E-state index contributed by atoms with van der Waals surface area (Å²) in [6.07, 6.45) is 1.52. The standard InChI is InChI=1S/C10H11N3OS/c1-13-10(11-7-12-13)15-9-5-3-2-4-8(9)6-14/h2-5,7,14H,6H2,1H3. The zero-order valence-electron chi connectivity index (χ0n) is 8.29. The van der Waals surface area contributed by atoms with Crippen molar-refractivity contribution in [3.05, 3.63) is 36.2 Å². The molecule has 5 heteroatoms. The first-order valence-corrected chi connectivity index (χ1v) is 5.33. The second kappa shape index (κ2) is 4.46. The van der Waals surface area contributed by atoms with Crippen LogP contribution in [0.4, 0.5) is 0 Å². The highest BCUT2D eigenvalue weighted by molar-refractivity contribution is 7.99. The fraction of sp³-hybridized carbons (Fsp3) is 0.200. The van der Waals surface area contributed by atoms with Crippen LogP contribution in [0.1, 0.15) is 5.56 Å². The average Bonchev–Trinajstić information content (AvgIpc) is 2.65. The summed E-state index contributed by atoms with van der Waals surface area (Å²) < 4.78 is 1.71. The molecule has 0 aliphatic heterocycles. The van der Waals surface area contributed by atoms with Gasteiger partial charge >= 0.3 is 0 Å². The molecule has 0 unspecified atom stereocenters. The molecule has 0 radical (unpaired) electrons. The van der Waals surface area contributed by atoms with Crippen LogP contribution in [0.25, 0.3) is 0 Å². The molecule has 0 saturated heterocycles. The van der Waals surface area contributed by atoms with Crippen molar-refractivity contribution in [1.29, 1.82) is 0 Å². The summed E-state index contributed by atoms with van der Waals surface area (Å²) in [6, 6.07) is 7.72. The fourth-order valence-corrected chi connectivity index (χ4v) is 2.10. The minimum absolute atomic E-state index is 0.0427. The molecule has 0 aliphatic rings. The molecule has 15 heavy (non-hydrogen) atoms. The van der Waals surface area contributed by atoms with Crippen molar-refractivity contribution in [3.8, 4) is 0 Å². The predicted octanol–water partition coefficient (Wildman–Crippen LogP) is 1.46. The number of hydrogen-bond acceptors (Lipinski definition) is 4. The zero-order chi connectivity index (χ0) is 10.7. The second-order valence-electron chi connectivity index (χ2n) is 3.03. The highest BCUT2D eigenvalue weighted by atomic mass is 32.2. The Balaban J connectivity index is 2.28. The molecule has 0 spiro atoms. The molecule has 0 fully saturated rings. The monoisotopic (exact) mass is 221 g/mol. The van der Waals surface area contributed by atoms with Gasteiger partial charge in [-0.1, -0.05) is 18.2 Å². The van der Waals surface area contributed by atoms with E-state index in [-0.39, 0.29) is 6.61 Å². The first-order valence-electron chi connectivity index (χ1n) is 4.52. The number of aromatic nitrogens is 3. The third-order valence-electron chi connectivity index (χ3n) is 2.01. The van der Waals surface area contributed by atoms with Crippen molar-refractivity contribution in [2.75, 3.05) is 0 Å². The van der Waals surface area contributed by atoms with E-state index in [0.717, 1.165) is 15.6 Å². The molecule has 0 bridgehead atoms. The van der Waals surface area contributed by atoms with Gasteiger partial charge in [0.2, 0.25) is 0 Å². The quantitative estimate of drug-likeness (QED) is 0.852. The minimum Gasteiger partial charge on any atom is -0.392 e. The topological polar surface area (TPSA) is 50.9 Å². The lowest BCUT2D eigenvalue weighted by Gasteiger charge is -2.05. The van der Waals surface area contributed by atoms with Gasteiger partial charge in [0, 0.05) is 11.9 Å². The van der Waals surface area contributed by atoms with Crippen molar-refractivity contribution in [2.24, 2.45) is 7.05 Å². The SMILES string of the molecule is Cn1ncnc1Sc1ccccc1CO. The molecule has 1 aromatic heterocycles. The lowest BCUT2D eigenvalue weighted by molar-refractivity contribution is 0.279. The molecule has 0 amide bonds. The summed E-state index contributed by atoms with van der Waals surface area (Å²) in [6.45, 7) is 0.0427. The number of aryl methyl sites for hydroxylation is 1. The molecular formula is C10H11N3OS. The maximum Gasteiger partial charge on any atom is 0.190 e. The Morgan fingerprint density at radius 3 is 2.87 bits per heavy atom. The smallest absolute Gasteiger partial charge is 0.190 e. The van der Waals surface area contributed by atoms with Crippen LogP contribution in [-0.4, -0.2) is 19.9 Å². The molecule has 0 atom stereocenters. The molecular weight excluding hydrogens is 210 g/mol. The van der Waals surface area contributed by atoms with Gasteiger partial charge in [0.1, 0.15) is 6.33 Å². The number of aliphatic hydroxyl groups excluding tert-OH is 1. The Kier molecular flexibility index (Phi) is 3.03. The molecule has 1 N–H and O–H groups in total. The number of benzene rings is 1. The average molecular weight is 221 g/mol. The van der Waals surface area contributed by atoms with E-state index in [1.165, 1.54) is 18.1 Å². The number of rotatable bonds is 3. The largest absolute Gasteiger partial charge is 0.392 e. The predicted molar refractivity (Wildman–Crippen MR) is 57.5 cm³/mol.